The minimum absolute atomic E-state index is 0.300. The van der Waals surface area contributed by atoms with Crippen LogP contribution in [-0.4, -0.2) is 38.4 Å². The van der Waals surface area contributed by atoms with Crippen LogP contribution in [0.3, 0.4) is 0 Å². The molecular formula is C21H29N5O3. The van der Waals surface area contributed by atoms with Gasteiger partial charge in [0.15, 0.2) is 11.2 Å². The van der Waals surface area contributed by atoms with Crippen molar-refractivity contribution in [2.75, 3.05) is 13.7 Å². The average molecular weight is 399 g/mol. The largest absolute Gasteiger partial charge is 0.497 e. The fraction of sp³-hybridized carbons (Fsp3) is 0.476. The van der Waals surface area contributed by atoms with E-state index in [0.29, 0.717) is 23.8 Å². The summed E-state index contributed by atoms with van der Waals surface area (Å²) >= 11 is 0. The van der Waals surface area contributed by atoms with Gasteiger partial charge in [-0.15, -0.1) is 0 Å². The van der Waals surface area contributed by atoms with Crippen molar-refractivity contribution < 1.29 is 4.74 Å². The number of benzene rings is 1. The Bertz CT molecular complexity index is 1100. The number of imidazole rings is 1. The van der Waals surface area contributed by atoms with E-state index in [0.717, 1.165) is 36.1 Å². The van der Waals surface area contributed by atoms with Crippen molar-refractivity contribution in [3.63, 3.8) is 0 Å². The van der Waals surface area contributed by atoms with Crippen LogP contribution in [0.1, 0.15) is 25.3 Å². The van der Waals surface area contributed by atoms with Gasteiger partial charge in [0.2, 0.25) is 0 Å². The van der Waals surface area contributed by atoms with Crippen LogP contribution in [0.25, 0.3) is 11.2 Å². The van der Waals surface area contributed by atoms with Crippen molar-refractivity contribution in [3.05, 3.63) is 57.0 Å². The number of nitrogens with zero attached hydrogens (tertiary/aromatic N) is 4. The van der Waals surface area contributed by atoms with Gasteiger partial charge in [-0.3, -0.25) is 13.9 Å². The minimum Gasteiger partial charge on any atom is -0.497 e. The lowest BCUT2D eigenvalue weighted by Crippen LogP contribution is -2.37. The van der Waals surface area contributed by atoms with E-state index in [9.17, 15) is 9.59 Å². The number of hydrogen-bond donors (Lipinski definition) is 1. The van der Waals surface area contributed by atoms with E-state index in [1.54, 1.807) is 20.5 Å². The molecule has 1 atom stereocenters. The van der Waals surface area contributed by atoms with E-state index in [2.05, 4.69) is 29.4 Å². The van der Waals surface area contributed by atoms with Gasteiger partial charge in [-0.25, -0.2) is 9.78 Å². The van der Waals surface area contributed by atoms with Gasteiger partial charge >= 0.3 is 5.69 Å². The minimum atomic E-state index is -0.362. The van der Waals surface area contributed by atoms with Crippen LogP contribution in [0.4, 0.5) is 0 Å². The van der Waals surface area contributed by atoms with Crippen LogP contribution < -0.4 is 21.3 Å². The standard InChI is InChI=1S/C21H29N5O3/c1-15(22-11-6-8-16-7-5-9-17(13-16)29-4)10-12-26-14-23-19-18(26)20(27)25(3)21(28)24(19)2/h5,7,9,13-15,22H,6,8,10-12H2,1-4H3. The van der Waals surface area contributed by atoms with Gasteiger partial charge in [0.05, 0.1) is 13.4 Å². The second kappa shape index (κ2) is 9.09. The van der Waals surface area contributed by atoms with E-state index >= 15 is 0 Å². The molecule has 2 aromatic heterocycles. The van der Waals surface area contributed by atoms with Gasteiger partial charge in [-0.2, -0.15) is 0 Å². The van der Waals surface area contributed by atoms with Crippen molar-refractivity contribution in [3.8, 4) is 5.75 Å². The van der Waals surface area contributed by atoms with E-state index in [-0.39, 0.29) is 11.2 Å². The smallest absolute Gasteiger partial charge is 0.332 e. The van der Waals surface area contributed by atoms with Crippen molar-refractivity contribution in [1.29, 1.82) is 0 Å². The summed E-state index contributed by atoms with van der Waals surface area (Å²) in [5, 5.41) is 3.53. The number of aromatic nitrogens is 4. The molecule has 1 unspecified atom stereocenters. The zero-order valence-electron chi connectivity index (χ0n) is 17.5. The lowest BCUT2D eigenvalue weighted by Gasteiger charge is -2.14. The molecule has 3 rings (SSSR count). The molecule has 0 spiro atoms. The zero-order valence-corrected chi connectivity index (χ0v) is 17.5. The van der Waals surface area contributed by atoms with Gasteiger partial charge in [-0.05, 0) is 50.4 Å². The SMILES string of the molecule is COc1cccc(CCCNC(C)CCn2cnc3c2c(=O)n(C)c(=O)n3C)c1. The van der Waals surface area contributed by atoms with Crippen LogP contribution in [-0.2, 0) is 27.1 Å². The predicted octanol–water partition coefficient (Wildman–Crippen LogP) is 1.44. The summed E-state index contributed by atoms with van der Waals surface area (Å²) in [5.41, 5.74) is 1.50. The Labute approximate surface area is 169 Å². The third-order valence-electron chi connectivity index (χ3n) is 5.29. The molecule has 0 aliphatic rings. The van der Waals surface area contributed by atoms with E-state index in [1.807, 2.05) is 16.7 Å². The number of methoxy groups -OCH3 is 1. The first-order valence-electron chi connectivity index (χ1n) is 9.89. The van der Waals surface area contributed by atoms with Crippen LogP contribution in [0.2, 0.25) is 0 Å². The van der Waals surface area contributed by atoms with Gasteiger partial charge < -0.3 is 14.6 Å². The molecule has 0 amide bonds. The molecule has 8 heteroatoms. The second-order valence-corrected chi connectivity index (χ2v) is 7.41. The summed E-state index contributed by atoms with van der Waals surface area (Å²) < 4.78 is 9.64. The van der Waals surface area contributed by atoms with Gasteiger partial charge in [0, 0.05) is 26.7 Å². The summed E-state index contributed by atoms with van der Waals surface area (Å²) in [5.74, 6) is 0.889. The van der Waals surface area contributed by atoms with Crippen molar-refractivity contribution in [2.24, 2.45) is 14.1 Å². The summed E-state index contributed by atoms with van der Waals surface area (Å²) in [6.45, 7) is 3.71. The number of ether oxygens (including phenoxy) is 1. The molecule has 2 heterocycles. The van der Waals surface area contributed by atoms with E-state index in [4.69, 9.17) is 4.74 Å². The molecule has 0 aliphatic carbocycles. The molecule has 1 aromatic carbocycles. The Morgan fingerprint density at radius 3 is 2.76 bits per heavy atom. The maximum absolute atomic E-state index is 12.5. The van der Waals surface area contributed by atoms with E-state index < -0.39 is 0 Å². The predicted molar refractivity (Wildman–Crippen MR) is 114 cm³/mol. The third kappa shape index (κ3) is 4.59. The van der Waals surface area contributed by atoms with Crippen LogP contribution in [0, 0.1) is 0 Å². The Balaban J connectivity index is 1.53. The normalized spacial score (nSPS) is 12.4. The number of fused-ring (bicyclic) bond motifs is 1. The van der Waals surface area contributed by atoms with Crippen LogP contribution in [0.5, 0.6) is 5.75 Å². The molecule has 156 valence electrons. The highest BCUT2D eigenvalue weighted by atomic mass is 16.5. The molecule has 0 aliphatic heterocycles. The van der Waals surface area contributed by atoms with E-state index in [1.165, 1.54) is 17.2 Å². The molecular weight excluding hydrogens is 370 g/mol. The molecule has 29 heavy (non-hydrogen) atoms. The van der Waals surface area contributed by atoms with Crippen molar-refractivity contribution >= 4 is 11.2 Å². The highest BCUT2D eigenvalue weighted by Gasteiger charge is 2.14. The lowest BCUT2D eigenvalue weighted by molar-refractivity contribution is 0.414. The first-order valence-corrected chi connectivity index (χ1v) is 9.89. The second-order valence-electron chi connectivity index (χ2n) is 7.41. The van der Waals surface area contributed by atoms with Gasteiger partial charge in [-0.1, -0.05) is 12.1 Å². The van der Waals surface area contributed by atoms with Gasteiger partial charge in [0.25, 0.3) is 5.56 Å². The third-order valence-corrected chi connectivity index (χ3v) is 5.29. The average Bonchev–Trinajstić information content (AvgIpc) is 3.16. The summed E-state index contributed by atoms with van der Waals surface area (Å²) in [6, 6.07) is 8.45. The molecule has 0 fully saturated rings. The topological polar surface area (TPSA) is 83.1 Å². The van der Waals surface area contributed by atoms with Crippen molar-refractivity contribution in [1.82, 2.24) is 24.0 Å². The maximum atomic E-state index is 12.5. The Morgan fingerprint density at radius 1 is 1.21 bits per heavy atom. The molecule has 3 aromatic rings. The molecule has 0 saturated heterocycles. The highest BCUT2D eigenvalue weighted by Crippen LogP contribution is 2.13. The first kappa shape index (κ1) is 20.9. The summed E-state index contributed by atoms with van der Waals surface area (Å²) in [4.78, 5) is 28.8. The van der Waals surface area contributed by atoms with Crippen LogP contribution in [0.15, 0.2) is 40.2 Å². The quantitative estimate of drug-likeness (QED) is 0.551. The highest BCUT2D eigenvalue weighted by molar-refractivity contribution is 5.69. The Hall–Kier alpha value is -2.87. The number of rotatable bonds is 9. The Kier molecular flexibility index (Phi) is 6.53. The fourth-order valence-electron chi connectivity index (χ4n) is 3.47. The van der Waals surface area contributed by atoms with Crippen molar-refractivity contribution in [2.45, 2.75) is 38.8 Å². The molecule has 1 N–H and O–H groups in total. The molecule has 0 bridgehead atoms. The molecule has 0 saturated carbocycles. The molecule has 0 radical (unpaired) electrons. The van der Waals surface area contributed by atoms with Crippen LogP contribution >= 0.6 is 0 Å². The maximum Gasteiger partial charge on any atom is 0.332 e. The summed E-state index contributed by atoms with van der Waals surface area (Å²) in [7, 11) is 4.81. The van der Waals surface area contributed by atoms with Gasteiger partial charge in [0.1, 0.15) is 5.75 Å². The lowest BCUT2D eigenvalue weighted by atomic mass is 10.1. The first-order chi connectivity index (χ1) is 13.9. The monoisotopic (exact) mass is 399 g/mol. The number of hydrogen-bond acceptors (Lipinski definition) is 5. The molecule has 8 nitrogen and oxygen atoms in total. The zero-order chi connectivity index (χ0) is 21.0. The number of nitrogens with one attached hydrogen (secondary N) is 1. The fourth-order valence-corrected chi connectivity index (χ4v) is 3.47. The number of aryl methyl sites for hydroxylation is 3. The summed E-state index contributed by atoms with van der Waals surface area (Å²) in [6.07, 6.45) is 4.53. The Morgan fingerprint density at radius 2 is 2.00 bits per heavy atom.